The molecule has 3 heteroatoms. The molecule has 0 amide bonds. The second-order valence-electron chi connectivity index (χ2n) is 5.78. The number of nitrogens with one attached hydrogen (secondary N) is 1. The fourth-order valence-corrected chi connectivity index (χ4v) is 4.60. The summed E-state index contributed by atoms with van der Waals surface area (Å²) in [5.41, 5.74) is 3.11. The maximum atomic E-state index is 6.12. The van der Waals surface area contributed by atoms with Gasteiger partial charge in [0.1, 0.15) is 0 Å². The summed E-state index contributed by atoms with van der Waals surface area (Å²) in [6.45, 7) is 3.17. The first-order chi connectivity index (χ1) is 10.3. The molecule has 0 bridgehead atoms. The highest BCUT2D eigenvalue weighted by Crippen LogP contribution is 2.39. The molecule has 0 saturated heterocycles. The molecule has 21 heavy (non-hydrogen) atoms. The zero-order valence-electron chi connectivity index (χ0n) is 12.4. The Morgan fingerprint density at radius 3 is 2.90 bits per heavy atom. The molecule has 1 aromatic heterocycles. The Hall–Kier alpha value is -0.830. The molecule has 112 valence electrons. The highest BCUT2D eigenvalue weighted by molar-refractivity contribution is 7.16. The van der Waals surface area contributed by atoms with E-state index in [1.165, 1.54) is 30.6 Å². The third-order valence-corrected chi connectivity index (χ3v) is 5.75. The first-order valence-electron chi connectivity index (χ1n) is 7.84. The maximum absolute atomic E-state index is 6.12. The topological polar surface area (TPSA) is 12.0 Å². The third-order valence-electron chi connectivity index (χ3n) is 4.40. The molecule has 0 saturated carbocycles. The number of hydrogen-bond donors (Lipinski definition) is 1. The Morgan fingerprint density at radius 1 is 1.29 bits per heavy atom. The zero-order chi connectivity index (χ0) is 14.7. The number of halogens is 1. The second kappa shape index (κ2) is 6.95. The third kappa shape index (κ3) is 3.50. The molecule has 2 aromatic rings. The van der Waals surface area contributed by atoms with E-state index in [0.717, 1.165) is 10.9 Å². The van der Waals surface area contributed by atoms with Crippen molar-refractivity contribution >= 4 is 22.9 Å². The van der Waals surface area contributed by atoms with Gasteiger partial charge in [0.2, 0.25) is 0 Å². The minimum Gasteiger partial charge on any atom is -0.310 e. The van der Waals surface area contributed by atoms with Gasteiger partial charge in [0.25, 0.3) is 0 Å². The van der Waals surface area contributed by atoms with Crippen molar-refractivity contribution in [2.24, 2.45) is 0 Å². The van der Waals surface area contributed by atoms with E-state index >= 15 is 0 Å². The van der Waals surface area contributed by atoms with Gasteiger partial charge < -0.3 is 5.32 Å². The van der Waals surface area contributed by atoms with Gasteiger partial charge in [-0.25, -0.2) is 0 Å². The van der Waals surface area contributed by atoms with Crippen LogP contribution in [-0.4, -0.2) is 6.54 Å². The summed E-state index contributed by atoms with van der Waals surface area (Å²) in [7, 11) is 0. The normalized spacial score (nSPS) is 19.2. The lowest BCUT2D eigenvalue weighted by Crippen LogP contribution is -2.23. The molecule has 0 fully saturated rings. The summed E-state index contributed by atoms with van der Waals surface area (Å²) in [5, 5.41) is 3.64. The fourth-order valence-electron chi connectivity index (χ4n) is 3.45. The van der Waals surface area contributed by atoms with Crippen LogP contribution in [-0.2, 0) is 6.42 Å². The molecule has 1 N–H and O–H groups in total. The van der Waals surface area contributed by atoms with Crippen LogP contribution in [0.15, 0.2) is 36.4 Å². The van der Waals surface area contributed by atoms with Crippen LogP contribution in [0.25, 0.3) is 0 Å². The van der Waals surface area contributed by atoms with Gasteiger partial charge >= 0.3 is 0 Å². The van der Waals surface area contributed by atoms with Crippen LogP contribution >= 0.6 is 22.9 Å². The van der Waals surface area contributed by atoms with Crippen molar-refractivity contribution in [3.8, 4) is 0 Å². The van der Waals surface area contributed by atoms with Gasteiger partial charge in [-0.2, -0.15) is 0 Å². The number of rotatable bonds is 5. The lowest BCUT2D eigenvalue weighted by Gasteiger charge is -2.29. The second-order valence-corrected chi connectivity index (χ2v) is 7.52. The van der Waals surface area contributed by atoms with Crippen molar-refractivity contribution in [3.63, 3.8) is 0 Å². The Bertz CT molecular complexity index is 592. The van der Waals surface area contributed by atoms with E-state index in [4.69, 9.17) is 11.6 Å². The smallest absolute Gasteiger partial charge is 0.0931 e. The molecular formula is C18H22ClNS. The summed E-state index contributed by atoms with van der Waals surface area (Å²) in [5.74, 6) is 0.667. The standard InChI is InChI=1S/C18H22ClNS/c1-2-20-16(17-10-11-18(19)21-17)12-14-8-5-7-13-6-3-4-9-15(13)14/h3-4,6,9-11,14,16,20H,2,5,7-8,12H2,1H3. The molecule has 0 spiro atoms. The summed E-state index contributed by atoms with van der Waals surface area (Å²) in [6.07, 6.45) is 5.02. The first kappa shape index (κ1) is 15.1. The lowest BCUT2D eigenvalue weighted by atomic mass is 9.79. The molecule has 1 aliphatic carbocycles. The van der Waals surface area contributed by atoms with Gasteiger partial charge in [-0.05, 0) is 61.4 Å². The van der Waals surface area contributed by atoms with Crippen LogP contribution < -0.4 is 5.32 Å². The molecule has 0 aliphatic heterocycles. The van der Waals surface area contributed by atoms with E-state index in [1.807, 2.05) is 6.07 Å². The van der Waals surface area contributed by atoms with E-state index in [2.05, 4.69) is 42.6 Å². The quantitative estimate of drug-likeness (QED) is 0.760. The van der Waals surface area contributed by atoms with Crippen LogP contribution in [0.5, 0.6) is 0 Å². The number of aryl methyl sites for hydroxylation is 1. The SMILES string of the molecule is CCNC(CC1CCCc2ccccc21)c1ccc(Cl)s1. The van der Waals surface area contributed by atoms with E-state index in [1.54, 1.807) is 22.5 Å². The van der Waals surface area contributed by atoms with Gasteiger partial charge in [0.15, 0.2) is 0 Å². The molecule has 1 aliphatic rings. The van der Waals surface area contributed by atoms with Crippen LogP contribution in [0.3, 0.4) is 0 Å². The summed E-state index contributed by atoms with van der Waals surface area (Å²) in [4.78, 5) is 1.37. The monoisotopic (exact) mass is 319 g/mol. The van der Waals surface area contributed by atoms with Gasteiger partial charge in [0.05, 0.1) is 4.34 Å². The van der Waals surface area contributed by atoms with Crippen molar-refractivity contribution < 1.29 is 0 Å². The molecule has 2 unspecified atom stereocenters. The largest absolute Gasteiger partial charge is 0.310 e. The zero-order valence-corrected chi connectivity index (χ0v) is 14.0. The maximum Gasteiger partial charge on any atom is 0.0931 e. The van der Waals surface area contributed by atoms with E-state index in [9.17, 15) is 0 Å². The van der Waals surface area contributed by atoms with E-state index < -0.39 is 0 Å². The van der Waals surface area contributed by atoms with Crippen LogP contribution in [0, 0.1) is 0 Å². The average Bonchev–Trinajstić information content (AvgIpc) is 2.94. The van der Waals surface area contributed by atoms with Crippen molar-refractivity contribution in [2.75, 3.05) is 6.54 Å². The predicted molar refractivity (Wildman–Crippen MR) is 92.5 cm³/mol. The van der Waals surface area contributed by atoms with Crippen molar-refractivity contribution in [1.29, 1.82) is 0 Å². The van der Waals surface area contributed by atoms with Gasteiger partial charge in [-0.15, -0.1) is 11.3 Å². The Labute approximate surface area is 136 Å². The summed E-state index contributed by atoms with van der Waals surface area (Å²) in [6, 6.07) is 13.6. The van der Waals surface area contributed by atoms with E-state index in [0.29, 0.717) is 12.0 Å². The average molecular weight is 320 g/mol. The van der Waals surface area contributed by atoms with Gasteiger partial charge in [0, 0.05) is 10.9 Å². The number of fused-ring (bicyclic) bond motifs is 1. The summed E-state index contributed by atoms with van der Waals surface area (Å²) >= 11 is 7.83. The molecule has 3 rings (SSSR count). The minimum absolute atomic E-state index is 0.420. The van der Waals surface area contributed by atoms with Gasteiger partial charge in [-0.1, -0.05) is 42.8 Å². The summed E-state index contributed by atoms with van der Waals surface area (Å²) < 4.78 is 0.886. The number of benzene rings is 1. The van der Waals surface area contributed by atoms with Crippen LogP contribution in [0.4, 0.5) is 0 Å². The minimum atomic E-state index is 0.420. The molecule has 1 nitrogen and oxygen atoms in total. The number of thiophene rings is 1. The van der Waals surface area contributed by atoms with Crippen LogP contribution in [0.2, 0.25) is 4.34 Å². The molecule has 2 atom stereocenters. The molecule has 0 radical (unpaired) electrons. The molecular weight excluding hydrogens is 298 g/mol. The van der Waals surface area contributed by atoms with Crippen LogP contribution in [0.1, 0.15) is 54.1 Å². The first-order valence-corrected chi connectivity index (χ1v) is 9.03. The predicted octanol–water partition coefficient (Wildman–Crippen LogP) is 5.56. The Balaban J connectivity index is 1.80. The van der Waals surface area contributed by atoms with Crippen molar-refractivity contribution in [1.82, 2.24) is 5.32 Å². The van der Waals surface area contributed by atoms with E-state index in [-0.39, 0.29) is 0 Å². The van der Waals surface area contributed by atoms with Crippen molar-refractivity contribution in [3.05, 3.63) is 56.7 Å². The van der Waals surface area contributed by atoms with Crippen molar-refractivity contribution in [2.45, 2.75) is 44.6 Å². The molecule has 1 aromatic carbocycles. The highest BCUT2D eigenvalue weighted by atomic mass is 35.5. The number of hydrogen-bond acceptors (Lipinski definition) is 2. The highest BCUT2D eigenvalue weighted by Gasteiger charge is 2.24. The Morgan fingerprint density at radius 2 is 2.14 bits per heavy atom. The lowest BCUT2D eigenvalue weighted by molar-refractivity contribution is 0.430. The van der Waals surface area contributed by atoms with Gasteiger partial charge in [-0.3, -0.25) is 0 Å². The fraction of sp³-hybridized carbons (Fsp3) is 0.444. The molecule has 1 heterocycles. The Kier molecular flexibility index (Phi) is 4.99.